The van der Waals surface area contributed by atoms with Gasteiger partial charge >= 0.3 is 0 Å². The van der Waals surface area contributed by atoms with Crippen LogP contribution in [0.2, 0.25) is 0 Å². The van der Waals surface area contributed by atoms with E-state index in [1.165, 1.54) is 0 Å². The van der Waals surface area contributed by atoms with E-state index in [-0.39, 0.29) is 5.91 Å². The Labute approximate surface area is 129 Å². The van der Waals surface area contributed by atoms with Crippen molar-refractivity contribution in [2.24, 2.45) is 0 Å². The van der Waals surface area contributed by atoms with Crippen LogP contribution in [0.1, 0.15) is 10.4 Å². The maximum absolute atomic E-state index is 12.1. The molecule has 0 fully saturated rings. The van der Waals surface area contributed by atoms with Gasteiger partial charge in [0.15, 0.2) is 0 Å². The van der Waals surface area contributed by atoms with E-state index >= 15 is 0 Å². The number of carbonyl (C=O) groups excluding carboxylic acids is 1. The number of hydrogen-bond acceptors (Lipinski definition) is 4. The summed E-state index contributed by atoms with van der Waals surface area (Å²) in [6, 6.07) is 10.7. The molecule has 0 bridgehead atoms. The lowest BCUT2D eigenvalue weighted by molar-refractivity contribution is 0.102. The Hall–Kier alpha value is -2.54. The molecule has 2 aromatic heterocycles. The molecule has 0 aliphatic carbocycles. The minimum absolute atomic E-state index is 0.179. The van der Waals surface area contributed by atoms with Crippen LogP contribution in [-0.4, -0.2) is 25.7 Å². The number of aromatic nitrogens is 4. The highest BCUT2D eigenvalue weighted by Gasteiger charge is 2.06. The highest BCUT2D eigenvalue weighted by Crippen LogP contribution is 2.13. The van der Waals surface area contributed by atoms with Crippen LogP contribution in [0.4, 0.5) is 5.69 Å². The zero-order valence-electron chi connectivity index (χ0n) is 10.8. The lowest BCUT2D eigenvalue weighted by Gasteiger charge is -2.06. The number of rotatable bonds is 3. The molecular weight excluding hydrogens is 334 g/mol. The molecule has 104 valence electrons. The van der Waals surface area contributed by atoms with Gasteiger partial charge in [0.05, 0.1) is 11.9 Å². The molecule has 0 aliphatic heterocycles. The molecule has 0 atom stereocenters. The SMILES string of the molecule is O=C(Nc1ccc(-n2cnnc2)nc1)c1ccc(Br)cc1. The highest BCUT2D eigenvalue weighted by molar-refractivity contribution is 9.10. The smallest absolute Gasteiger partial charge is 0.255 e. The first-order valence-corrected chi connectivity index (χ1v) is 6.90. The average Bonchev–Trinajstić information content (AvgIpc) is 3.03. The van der Waals surface area contributed by atoms with Crippen molar-refractivity contribution < 1.29 is 4.79 Å². The molecule has 1 N–H and O–H groups in total. The van der Waals surface area contributed by atoms with Gasteiger partial charge < -0.3 is 5.32 Å². The van der Waals surface area contributed by atoms with Crippen molar-refractivity contribution in [2.75, 3.05) is 5.32 Å². The van der Waals surface area contributed by atoms with Gasteiger partial charge in [-0.3, -0.25) is 9.36 Å². The number of anilines is 1. The summed E-state index contributed by atoms with van der Waals surface area (Å²) >= 11 is 3.33. The largest absolute Gasteiger partial charge is 0.321 e. The number of carbonyl (C=O) groups is 1. The first-order chi connectivity index (χ1) is 10.2. The van der Waals surface area contributed by atoms with Crippen LogP contribution in [0.5, 0.6) is 0 Å². The second-order valence-corrected chi connectivity index (χ2v) is 5.15. The van der Waals surface area contributed by atoms with E-state index in [0.29, 0.717) is 17.1 Å². The number of halogens is 1. The summed E-state index contributed by atoms with van der Waals surface area (Å²) in [5.41, 5.74) is 1.21. The molecular formula is C14H10BrN5O. The fraction of sp³-hybridized carbons (Fsp3) is 0. The molecule has 0 unspecified atom stereocenters. The van der Waals surface area contributed by atoms with Gasteiger partial charge in [0.2, 0.25) is 0 Å². The van der Waals surface area contributed by atoms with Crippen LogP contribution in [0.25, 0.3) is 5.82 Å². The Bertz CT molecular complexity index is 738. The topological polar surface area (TPSA) is 72.7 Å². The third-order valence-corrected chi connectivity index (χ3v) is 3.32. The third-order valence-electron chi connectivity index (χ3n) is 2.80. The Morgan fingerprint density at radius 3 is 2.38 bits per heavy atom. The summed E-state index contributed by atoms with van der Waals surface area (Å²) in [6.07, 6.45) is 4.71. The van der Waals surface area contributed by atoms with Crippen molar-refractivity contribution in [1.82, 2.24) is 19.7 Å². The maximum atomic E-state index is 12.1. The van der Waals surface area contributed by atoms with Gasteiger partial charge in [-0.15, -0.1) is 10.2 Å². The summed E-state index contributed by atoms with van der Waals surface area (Å²) < 4.78 is 2.61. The molecule has 0 radical (unpaired) electrons. The molecule has 0 saturated carbocycles. The number of hydrogen-bond donors (Lipinski definition) is 1. The fourth-order valence-electron chi connectivity index (χ4n) is 1.74. The van der Waals surface area contributed by atoms with Crippen molar-refractivity contribution in [3.05, 3.63) is 65.3 Å². The van der Waals surface area contributed by atoms with Crippen molar-refractivity contribution in [3.63, 3.8) is 0 Å². The zero-order valence-corrected chi connectivity index (χ0v) is 12.4. The van der Waals surface area contributed by atoms with Crippen LogP contribution in [0.15, 0.2) is 59.7 Å². The third kappa shape index (κ3) is 3.14. The predicted molar refractivity (Wildman–Crippen MR) is 81.2 cm³/mol. The molecule has 1 aromatic carbocycles. The molecule has 21 heavy (non-hydrogen) atoms. The molecule has 3 rings (SSSR count). The average molecular weight is 344 g/mol. The maximum Gasteiger partial charge on any atom is 0.255 e. The lowest BCUT2D eigenvalue weighted by Crippen LogP contribution is -2.12. The first-order valence-electron chi connectivity index (χ1n) is 6.10. The van der Waals surface area contributed by atoms with E-state index in [4.69, 9.17) is 0 Å². The van der Waals surface area contributed by atoms with Gasteiger partial charge in [-0.25, -0.2) is 4.98 Å². The molecule has 7 heteroatoms. The van der Waals surface area contributed by atoms with Crippen molar-refractivity contribution >= 4 is 27.5 Å². The van der Waals surface area contributed by atoms with E-state index in [0.717, 1.165) is 4.47 Å². The second-order valence-electron chi connectivity index (χ2n) is 4.24. The van der Waals surface area contributed by atoms with E-state index < -0.39 is 0 Å². The summed E-state index contributed by atoms with van der Waals surface area (Å²) in [5, 5.41) is 10.2. The molecule has 0 spiro atoms. The summed E-state index contributed by atoms with van der Waals surface area (Å²) in [6.45, 7) is 0. The van der Waals surface area contributed by atoms with Crippen molar-refractivity contribution in [1.29, 1.82) is 0 Å². The molecule has 2 heterocycles. The van der Waals surface area contributed by atoms with Crippen LogP contribution < -0.4 is 5.32 Å². The van der Waals surface area contributed by atoms with Gasteiger partial charge in [-0.1, -0.05) is 15.9 Å². The quantitative estimate of drug-likeness (QED) is 0.793. The van der Waals surface area contributed by atoms with E-state index in [9.17, 15) is 4.79 Å². The second kappa shape index (κ2) is 5.84. The minimum atomic E-state index is -0.179. The number of amides is 1. The summed E-state index contributed by atoms with van der Waals surface area (Å²) in [4.78, 5) is 16.3. The molecule has 0 saturated heterocycles. The van der Waals surface area contributed by atoms with E-state index in [1.54, 1.807) is 47.7 Å². The zero-order chi connectivity index (χ0) is 14.7. The Kier molecular flexibility index (Phi) is 3.74. The summed E-state index contributed by atoms with van der Waals surface area (Å²) in [7, 11) is 0. The molecule has 3 aromatic rings. The van der Waals surface area contributed by atoms with Crippen LogP contribution in [0.3, 0.4) is 0 Å². The number of benzene rings is 1. The van der Waals surface area contributed by atoms with Gasteiger partial charge in [0.1, 0.15) is 18.5 Å². The van der Waals surface area contributed by atoms with E-state index in [1.807, 2.05) is 12.1 Å². The van der Waals surface area contributed by atoms with Gasteiger partial charge in [-0.05, 0) is 36.4 Å². The predicted octanol–water partition coefficient (Wildman–Crippen LogP) is 2.68. The summed E-state index contributed by atoms with van der Waals surface area (Å²) in [5.74, 6) is 0.503. The van der Waals surface area contributed by atoms with Gasteiger partial charge in [-0.2, -0.15) is 0 Å². The van der Waals surface area contributed by atoms with Crippen LogP contribution in [0, 0.1) is 0 Å². The highest BCUT2D eigenvalue weighted by atomic mass is 79.9. The van der Waals surface area contributed by atoms with Gasteiger partial charge in [0, 0.05) is 10.0 Å². The standard InChI is InChI=1S/C14H10BrN5O/c15-11-3-1-10(2-4-11)14(21)19-12-5-6-13(16-7-12)20-8-17-18-9-20/h1-9H,(H,19,21). The number of nitrogens with one attached hydrogen (secondary N) is 1. The molecule has 6 nitrogen and oxygen atoms in total. The Morgan fingerprint density at radius 1 is 1.05 bits per heavy atom. The van der Waals surface area contributed by atoms with Crippen molar-refractivity contribution in [3.8, 4) is 5.82 Å². The Balaban J connectivity index is 1.73. The normalized spacial score (nSPS) is 10.3. The number of pyridine rings is 1. The monoisotopic (exact) mass is 343 g/mol. The lowest BCUT2D eigenvalue weighted by atomic mass is 10.2. The minimum Gasteiger partial charge on any atom is -0.321 e. The fourth-order valence-corrected chi connectivity index (χ4v) is 2.00. The molecule has 0 aliphatic rings. The molecule has 1 amide bonds. The first kappa shape index (κ1) is 13.4. The van der Waals surface area contributed by atoms with Crippen molar-refractivity contribution in [2.45, 2.75) is 0 Å². The number of nitrogens with zero attached hydrogens (tertiary/aromatic N) is 4. The van der Waals surface area contributed by atoms with Crippen LogP contribution >= 0.6 is 15.9 Å². The Morgan fingerprint density at radius 2 is 1.76 bits per heavy atom. The van der Waals surface area contributed by atoms with E-state index in [2.05, 4.69) is 36.4 Å². The van der Waals surface area contributed by atoms with Crippen LogP contribution in [-0.2, 0) is 0 Å². The van der Waals surface area contributed by atoms with Gasteiger partial charge in [0.25, 0.3) is 5.91 Å².